The van der Waals surface area contributed by atoms with Crippen molar-refractivity contribution in [2.24, 2.45) is 22.7 Å². The zero-order valence-corrected chi connectivity index (χ0v) is 54.6. The molecule has 4 aliphatic rings. The van der Waals surface area contributed by atoms with E-state index < -0.39 is 180 Å². The van der Waals surface area contributed by atoms with Crippen molar-refractivity contribution >= 4 is 65.2 Å². The van der Waals surface area contributed by atoms with Gasteiger partial charge in [-0.1, -0.05) is 131 Å². The van der Waals surface area contributed by atoms with Crippen LogP contribution in [0.1, 0.15) is 126 Å². The van der Waals surface area contributed by atoms with Crippen LogP contribution in [0.2, 0.25) is 0 Å². The molecular formula is C71H83N5O19. The normalized spacial score (nSPS) is 25.2. The maximum atomic E-state index is 16.0. The van der Waals surface area contributed by atoms with Crippen LogP contribution >= 0.6 is 0 Å². The number of esters is 5. The van der Waals surface area contributed by atoms with Gasteiger partial charge in [0.1, 0.15) is 42.5 Å². The van der Waals surface area contributed by atoms with Gasteiger partial charge in [-0.05, 0) is 79.6 Å². The summed E-state index contributed by atoms with van der Waals surface area (Å²) in [5.74, 6) is -11.5. The predicted molar refractivity (Wildman–Crippen MR) is 340 cm³/mol. The molecule has 4 aromatic rings. The number of ketones is 1. The summed E-state index contributed by atoms with van der Waals surface area (Å²) >= 11 is 0. The van der Waals surface area contributed by atoms with Gasteiger partial charge in [-0.15, -0.1) is 0 Å². The largest absolute Gasteiger partial charge is 0.455 e. The average Bonchev–Trinajstić information content (AvgIpc) is 0.670. The molecule has 7 N–H and O–H groups in total. The molecule has 506 valence electrons. The van der Waals surface area contributed by atoms with Gasteiger partial charge in [-0.3, -0.25) is 43.2 Å². The molecule has 1 aliphatic heterocycles. The first-order chi connectivity index (χ1) is 44.9. The third-order valence-electron chi connectivity index (χ3n) is 18.4. The van der Waals surface area contributed by atoms with E-state index in [1.807, 2.05) is 13.8 Å². The molecule has 5 amide bonds. The van der Waals surface area contributed by atoms with E-state index in [-0.39, 0.29) is 58.6 Å². The predicted octanol–water partition coefficient (Wildman–Crippen LogP) is 4.74. The van der Waals surface area contributed by atoms with Gasteiger partial charge in [0.2, 0.25) is 29.7 Å². The van der Waals surface area contributed by atoms with Crippen molar-refractivity contribution in [1.82, 2.24) is 26.6 Å². The first-order valence-electron chi connectivity index (χ1n) is 31.5. The van der Waals surface area contributed by atoms with Crippen LogP contribution < -0.4 is 26.6 Å². The number of rotatable bonds is 25. The Morgan fingerprint density at radius 2 is 1.33 bits per heavy atom. The number of ether oxygens (including phenoxy) is 6. The Hall–Kier alpha value is -9.39. The minimum Gasteiger partial charge on any atom is -0.455 e. The number of Topliss-reactive ketones (excluding diaryl/α,β-unsaturated/α-hetero) is 1. The second kappa shape index (κ2) is 29.9. The number of hydrogen-bond donors (Lipinski definition) is 7. The molecule has 3 aliphatic carbocycles. The number of amides is 5. The minimum absolute atomic E-state index is 0.00541. The van der Waals surface area contributed by atoms with Crippen molar-refractivity contribution < 1.29 is 91.4 Å². The molecule has 4 aromatic carbocycles. The van der Waals surface area contributed by atoms with E-state index in [9.17, 15) is 53.4 Å². The fourth-order valence-corrected chi connectivity index (χ4v) is 13.6. The van der Waals surface area contributed by atoms with Crippen LogP contribution in [-0.4, -0.2) is 155 Å². The molecule has 0 spiro atoms. The summed E-state index contributed by atoms with van der Waals surface area (Å²) in [5, 5.41) is 39.8. The average molecular weight is 1310 g/mol. The molecule has 24 heteroatoms. The number of carbonyl (C=O) groups excluding carboxylic acids is 11. The van der Waals surface area contributed by atoms with Gasteiger partial charge < -0.3 is 65.2 Å². The smallest absolute Gasteiger partial charge is 0.350 e. The van der Waals surface area contributed by atoms with E-state index in [1.165, 1.54) is 71.0 Å². The monoisotopic (exact) mass is 1310 g/mol. The number of aliphatic hydroxyl groups excluding tert-OH is 1. The lowest BCUT2D eigenvalue weighted by molar-refractivity contribution is -0.346. The van der Waals surface area contributed by atoms with Crippen molar-refractivity contribution in [1.29, 1.82) is 0 Å². The summed E-state index contributed by atoms with van der Waals surface area (Å²) in [4.78, 5) is 155. The molecule has 0 unspecified atom stereocenters. The van der Waals surface area contributed by atoms with Crippen molar-refractivity contribution in [3.05, 3.63) is 167 Å². The Bertz CT molecular complexity index is 3600. The summed E-state index contributed by atoms with van der Waals surface area (Å²) in [7, 11) is 0. The molecule has 1 saturated heterocycles. The van der Waals surface area contributed by atoms with Gasteiger partial charge in [0, 0.05) is 62.1 Å². The Morgan fingerprint density at radius 1 is 0.726 bits per heavy atom. The van der Waals surface area contributed by atoms with Crippen molar-refractivity contribution in [2.75, 3.05) is 19.7 Å². The van der Waals surface area contributed by atoms with Gasteiger partial charge in [-0.2, -0.15) is 0 Å². The lowest BCUT2D eigenvalue weighted by Gasteiger charge is -2.67. The lowest BCUT2D eigenvalue weighted by atomic mass is 9.44. The third kappa shape index (κ3) is 15.7. The number of benzene rings is 4. The van der Waals surface area contributed by atoms with Gasteiger partial charge in [0.15, 0.2) is 17.5 Å². The first kappa shape index (κ1) is 71.5. The molecule has 95 heavy (non-hydrogen) atoms. The van der Waals surface area contributed by atoms with Crippen LogP contribution in [0.4, 0.5) is 0 Å². The van der Waals surface area contributed by atoms with Crippen molar-refractivity contribution in [3.8, 4) is 0 Å². The summed E-state index contributed by atoms with van der Waals surface area (Å²) in [6.45, 7) is 15.0. The number of hydrogen-bond acceptors (Lipinski definition) is 19. The van der Waals surface area contributed by atoms with E-state index in [1.54, 1.807) is 84.9 Å². The lowest BCUT2D eigenvalue weighted by Crippen LogP contribution is -2.82. The third-order valence-corrected chi connectivity index (χ3v) is 18.4. The summed E-state index contributed by atoms with van der Waals surface area (Å²) < 4.78 is 37.1. The molecule has 0 radical (unpaired) electrons. The molecule has 13 atom stereocenters. The minimum atomic E-state index is -2.57. The van der Waals surface area contributed by atoms with Crippen LogP contribution in [0.5, 0.6) is 0 Å². The van der Waals surface area contributed by atoms with Crippen LogP contribution in [0, 0.1) is 22.7 Å². The Morgan fingerprint density at radius 3 is 1.89 bits per heavy atom. The highest BCUT2D eigenvalue weighted by molar-refractivity contribution is 5.98. The molecule has 1 heterocycles. The molecule has 8 rings (SSSR count). The highest BCUT2D eigenvalue weighted by Crippen LogP contribution is 2.64. The standard InChI is InChI=1S/C71H83N5O19/c1-39(2)31-48(74-65(86)49(32-44-23-15-11-16-24-44)75-54(81)36-73-63(84)40(3)4)33-53(80)72-37-55(82)93-59(57(45-25-17-12-18-26-45)76-64(85)46-27-19-13-20-28-46)67(88)92-50-35-71(89)62(94-66(87)47-29-21-14-22-30-47)60-69(10,51(79)34-52-70(60,38-90-52)95-43(7)78)61(83)58(91-42(6)77)56(41(50)5)68(71,8)9/h11-30,39,48-52,57-60,62,79,89H,3,31-38H2,1-2,4-10H3,(H,72,80)(H,73,84)(H,74,86)(H,75,81)(H,76,85)/t48-,49-,50-,51-,52+,57-,58+,59+,60-,62-,69+,70-,71+/m0/s1. The zero-order valence-electron chi connectivity index (χ0n) is 54.6. The van der Waals surface area contributed by atoms with Crippen molar-refractivity contribution in [2.45, 2.75) is 160 Å². The van der Waals surface area contributed by atoms with Gasteiger partial charge >= 0.3 is 29.8 Å². The van der Waals surface area contributed by atoms with E-state index in [0.29, 0.717) is 5.56 Å². The molecule has 2 saturated carbocycles. The topological polar surface area (TPSA) is 344 Å². The van der Waals surface area contributed by atoms with Gasteiger partial charge in [-0.25, -0.2) is 9.59 Å². The Labute approximate surface area is 550 Å². The van der Waals surface area contributed by atoms with Crippen LogP contribution in [0.15, 0.2) is 145 Å². The van der Waals surface area contributed by atoms with Crippen molar-refractivity contribution in [3.63, 3.8) is 0 Å². The Balaban J connectivity index is 1.15. The van der Waals surface area contributed by atoms with E-state index >= 15 is 9.59 Å². The van der Waals surface area contributed by atoms with Gasteiger partial charge in [0.05, 0.1) is 36.2 Å². The zero-order chi connectivity index (χ0) is 69.3. The first-order valence-corrected chi connectivity index (χ1v) is 31.5. The number of nitrogens with one attached hydrogen (secondary N) is 5. The summed E-state index contributed by atoms with van der Waals surface area (Å²) in [6.07, 6.45) is -11.7. The van der Waals surface area contributed by atoms with Gasteiger partial charge in [0.25, 0.3) is 5.91 Å². The molecule has 24 nitrogen and oxygen atoms in total. The SMILES string of the molecule is C=C(C)C(=O)NCC(=O)N[C@@H](Cc1ccccc1)C(=O)N[C@H](CC(=O)NCC(=O)O[C@@H](C(=O)O[C@H]1C[C@@]2(O)[C@@H](OC(=O)c3ccccc3)[C@@H]3[C@]4(OC(C)=O)CO[C@@H]4C[C@H](O)[C@@]3(C)C(=O)[C@H](OC(C)=O)C(=C1C)C2(C)C)[C@@H](NC(=O)c1ccccc1)c1ccccc1)CC(C)C. The molecule has 3 fully saturated rings. The van der Waals surface area contributed by atoms with E-state index in [4.69, 9.17) is 28.4 Å². The van der Waals surface area contributed by atoms with E-state index in [0.717, 1.165) is 13.8 Å². The molecule has 2 bridgehead atoms. The fourth-order valence-electron chi connectivity index (χ4n) is 13.6. The maximum Gasteiger partial charge on any atom is 0.350 e. The Kier molecular flexibility index (Phi) is 22.5. The fraction of sp³-hybridized carbons (Fsp3) is 0.451. The highest BCUT2D eigenvalue weighted by Gasteiger charge is 2.78. The quantitative estimate of drug-likeness (QED) is 0.0204. The summed E-state index contributed by atoms with van der Waals surface area (Å²) in [5.41, 5.74) is -7.35. The highest BCUT2D eigenvalue weighted by atomic mass is 16.6. The summed E-state index contributed by atoms with van der Waals surface area (Å²) in [6, 6.07) is 28.6. The van der Waals surface area contributed by atoms with Crippen LogP contribution in [0.25, 0.3) is 0 Å². The second-order valence-corrected chi connectivity index (χ2v) is 25.9. The maximum absolute atomic E-state index is 16.0. The molecular weight excluding hydrogens is 1230 g/mol. The molecule has 0 aromatic heterocycles. The number of fused-ring (bicyclic) bond motifs is 5. The number of carbonyl (C=O) groups is 11. The van der Waals surface area contributed by atoms with Crippen LogP contribution in [0.3, 0.4) is 0 Å². The van der Waals surface area contributed by atoms with Crippen LogP contribution in [-0.2, 0) is 78.0 Å². The number of aliphatic hydroxyl groups is 2. The second-order valence-electron chi connectivity index (χ2n) is 25.9. The van der Waals surface area contributed by atoms with E-state index in [2.05, 4.69) is 33.2 Å².